The second kappa shape index (κ2) is 4.90. The second-order valence-corrected chi connectivity index (χ2v) is 4.89. The Kier molecular flexibility index (Phi) is 3.24. The molecule has 1 spiro atoms. The monoisotopic (exact) mass is 283 g/mol. The van der Waals surface area contributed by atoms with Crippen molar-refractivity contribution in [2.75, 3.05) is 20.3 Å². The largest absolute Gasteiger partial charge is 0.493 e. The Balaban J connectivity index is 1.83. The molecule has 2 aliphatic heterocycles. The van der Waals surface area contributed by atoms with E-state index in [2.05, 4.69) is 5.16 Å². The van der Waals surface area contributed by atoms with Crippen LogP contribution in [-0.4, -0.2) is 31.6 Å². The highest BCUT2D eigenvalue weighted by Crippen LogP contribution is 2.36. The Morgan fingerprint density at radius 3 is 2.95 bits per heavy atom. The van der Waals surface area contributed by atoms with Gasteiger partial charge in [0.2, 0.25) is 0 Å². The molecule has 0 aromatic heterocycles. The SMILES string of the molecule is COc1cc(C2=NOC3(CCOC3)C2)ccc1OCl. The predicted octanol–water partition coefficient (Wildman–Crippen LogP) is 2.51. The van der Waals surface area contributed by atoms with Crippen LogP contribution in [0.2, 0.25) is 0 Å². The maximum Gasteiger partial charge on any atom is 0.188 e. The van der Waals surface area contributed by atoms with Crippen molar-refractivity contribution in [3.05, 3.63) is 23.8 Å². The zero-order valence-corrected chi connectivity index (χ0v) is 11.3. The van der Waals surface area contributed by atoms with Crippen LogP contribution < -0.4 is 9.03 Å². The molecule has 0 bridgehead atoms. The van der Waals surface area contributed by atoms with E-state index in [9.17, 15) is 0 Å². The van der Waals surface area contributed by atoms with Crippen molar-refractivity contribution in [1.82, 2.24) is 0 Å². The minimum absolute atomic E-state index is 0.274. The molecule has 102 valence electrons. The summed E-state index contributed by atoms with van der Waals surface area (Å²) in [6.07, 6.45) is 1.62. The van der Waals surface area contributed by atoms with Crippen molar-refractivity contribution in [1.29, 1.82) is 0 Å². The molecule has 1 fully saturated rings. The molecule has 6 heteroatoms. The highest BCUT2D eigenvalue weighted by molar-refractivity contribution is 6.09. The van der Waals surface area contributed by atoms with Crippen LogP contribution in [0.25, 0.3) is 0 Å². The third-order valence-corrected chi connectivity index (χ3v) is 3.65. The summed E-state index contributed by atoms with van der Waals surface area (Å²) in [5, 5.41) is 4.18. The number of hydrogen-bond acceptors (Lipinski definition) is 5. The van der Waals surface area contributed by atoms with Gasteiger partial charge < -0.3 is 18.6 Å². The van der Waals surface area contributed by atoms with Gasteiger partial charge in [-0.3, -0.25) is 0 Å². The lowest BCUT2D eigenvalue weighted by atomic mass is 9.93. The first-order valence-electron chi connectivity index (χ1n) is 6.06. The van der Waals surface area contributed by atoms with Gasteiger partial charge in [0.1, 0.15) is 11.9 Å². The number of methoxy groups -OCH3 is 1. The van der Waals surface area contributed by atoms with E-state index in [1.165, 1.54) is 0 Å². The van der Waals surface area contributed by atoms with Crippen LogP contribution in [0.3, 0.4) is 0 Å². The third-order valence-electron chi connectivity index (χ3n) is 3.49. The summed E-state index contributed by atoms with van der Waals surface area (Å²) >= 11 is 5.37. The number of hydrogen-bond donors (Lipinski definition) is 0. The van der Waals surface area contributed by atoms with E-state index < -0.39 is 0 Å². The summed E-state index contributed by atoms with van der Waals surface area (Å²) in [5.41, 5.74) is 1.56. The average Bonchev–Trinajstić information content (AvgIpc) is 3.09. The highest BCUT2D eigenvalue weighted by Gasteiger charge is 2.43. The van der Waals surface area contributed by atoms with Gasteiger partial charge in [-0.05, 0) is 18.2 Å². The van der Waals surface area contributed by atoms with Gasteiger partial charge in [0, 0.05) is 18.4 Å². The van der Waals surface area contributed by atoms with Crippen molar-refractivity contribution in [3.63, 3.8) is 0 Å². The number of nitrogens with zero attached hydrogens (tertiary/aromatic N) is 1. The van der Waals surface area contributed by atoms with Gasteiger partial charge >= 0.3 is 0 Å². The molecule has 1 aromatic rings. The van der Waals surface area contributed by atoms with Gasteiger partial charge in [-0.15, -0.1) is 0 Å². The Hall–Kier alpha value is -1.46. The lowest BCUT2D eigenvalue weighted by Gasteiger charge is -2.17. The Morgan fingerprint density at radius 2 is 2.26 bits per heavy atom. The van der Waals surface area contributed by atoms with E-state index in [0.717, 1.165) is 30.7 Å². The van der Waals surface area contributed by atoms with Gasteiger partial charge in [-0.1, -0.05) is 5.16 Å². The normalized spacial score (nSPS) is 25.3. The summed E-state index contributed by atoms with van der Waals surface area (Å²) in [5.74, 6) is 1.05. The Labute approximate surface area is 116 Å². The van der Waals surface area contributed by atoms with Crippen molar-refractivity contribution in [3.8, 4) is 11.5 Å². The quantitative estimate of drug-likeness (QED) is 0.855. The first-order chi connectivity index (χ1) is 9.26. The van der Waals surface area contributed by atoms with Crippen molar-refractivity contribution >= 4 is 17.6 Å². The van der Waals surface area contributed by atoms with Crippen LogP contribution >= 0.6 is 11.9 Å². The van der Waals surface area contributed by atoms with E-state index >= 15 is 0 Å². The summed E-state index contributed by atoms with van der Waals surface area (Å²) < 4.78 is 15.3. The molecule has 2 aliphatic rings. The molecule has 0 amide bonds. The topological polar surface area (TPSA) is 49.3 Å². The molecule has 0 aliphatic carbocycles. The van der Waals surface area contributed by atoms with E-state index in [1.54, 1.807) is 13.2 Å². The van der Waals surface area contributed by atoms with E-state index in [1.807, 2.05) is 12.1 Å². The molecule has 1 atom stereocenters. The first-order valence-corrected chi connectivity index (χ1v) is 6.37. The van der Waals surface area contributed by atoms with E-state index in [-0.39, 0.29) is 5.60 Å². The highest BCUT2D eigenvalue weighted by atomic mass is 35.5. The standard InChI is InChI=1S/C13H14ClNO4/c1-16-12-6-9(2-3-11(12)18-14)10-7-13(19-15-10)4-5-17-8-13/h2-3,6H,4-5,7-8H2,1H3. The van der Waals surface area contributed by atoms with Crippen molar-refractivity contribution < 1.29 is 18.6 Å². The average molecular weight is 284 g/mol. The zero-order valence-electron chi connectivity index (χ0n) is 10.5. The molecule has 1 saturated heterocycles. The number of halogens is 1. The molecule has 3 rings (SSSR count). The molecular formula is C13H14ClNO4. The molecule has 2 heterocycles. The molecule has 0 saturated carbocycles. The van der Waals surface area contributed by atoms with Crippen LogP contribution in [0.15, 0.2) is 23.4 Å². The Bertz CT molecular complexity index is 511. The summed E-state index contributed by atoms with van der Waals surface area (Å²) in [6, 6.07) is 5.48. The van der Waals surface area contributed by atoms with Gasteiger partial charge in [-0.2, -0.15) is 0 Å². The van der Waals surface area contributed by atoms with Crippen molar-refractivity contribution in [2.45, 2.75) is 18.4 Å². The molecule has 1 unspecified atom stereocenters. The molecule has 1 aromatic carbocycles. The maximum absolute atomic E-state index is 5.56. The lowest BCUT2D eigenvalue weighted by Crippen LogP contribution is -2.29. The summed E-state index contributed by atoms with van der Waals surface area (Å²) in [7, 11) is 1.57. The molecule has 19 heavy (non-hydrogen) atoms. The van der Waals surface area contributed by atoms with Crippen LogP contribution in [0.1, 0.15) is 18.4 Å². The Morgan fingerprint density at radius 1 is 1.37 bits per heavy atom. The van der Waals surface area contributed by atoms with Gasteiger partial charge in [0.25, 0.3) is 0 Å². The number of rotatable bonds is 3. The number of ether oxygens (including phenoxy) is 2. The molecule has 0 N–H and O–H groups in total. The van der Waals surface area contributed by atoms with Crippen LogP contribution in [0, 0.1) is 0 Å². The van der Waals surface area contributed by atoms with Gasteiger partial charge in [0.15, 0.2) is 17.1 Å². The van der Waals surface area contributed by atoms with E-state index in [0.29, 0.717) is 18.1 Å². The first kappa shape index (κ1) is 12.6. The fourth-order valence-corrected chi connectivity index (χ4v) is 2.51. The lowest BCUT2D eigenvalue weighted by molar-refractivity contribution is -0.0237. The molecule has 5 nitrogen and oxygen atoms in total. The number of oxime groups is 1. The second-order valence-electron chi connectivity index (χ2n) is 4.73. The van der Waals surface area contributed by atoms with Crippen LogP contribution in [-0.2, 0) is 9.57 Å². The maximum atomic E-state index is 5.56. The minimum Gasteiger partial charge on any atom is -0.493 e. The van der Waals surface area contributed by atoms with Gasteiger partial charge in [0.05, 0.1) is 26.0 Å². The minimum atomic E-state index is -0.274. The fraction of sp³-hybridized carbons (Fsp3) is 0.462. The third kappa shape index (κ3) is 2.24. The van der Waals surface area contributed by atoms with Crippen LogP contribution in [0.4, 0.5) is 0 Å². The predicted molar refractivity (Wildman–Crippen MR) is 69.9 cm³/mol. The van der Waals surface area contributed by atoms with Crippen molar-refractivity contribution in [2.24, 2.45) is 5.16 Å². The number of benzene rings is 1. The van der Waals surface area contributed by atoms with Gasteiger partial charge in [-0.25, -0.2) is 0 Å². The summed E-state index contributed by atoms with van der Waals surface area (Å²) in [4.78, 5) is 5.56. The smallest absolute Gasteiger partial charge is 0.188 e. The van der Waals surface area contributed by atoms with Crippen LogP contribution in [0.5, 0.6) is 11.5 Å². The fourth-order valence-electron chi connectivity index (χ4n) is 2.39. The zero-order chi connectivity index (χ0) is 13.3. The van der Waals surface area contributed by atoms with E-state index in [4.69, 9.17) is 30.5 Å². The summed E-state index contributed by atoms with van der Waals surface area (Å²) in [6.45, 7) is 1.32. The molecule has 0 radical (unpaired) electrons. The molecular weight excluding hydrogens is 270 g/mol.